The van der Waals surface area contributed by atoms with E-state index in [1.807, 2.05) is 26.8 Å². The third-order valence-corrected chi connectivity index (χ3v) is 5.68. The van der Waals surface area contributed by atoms with E-state index in [1.165, 1.54) is 18.1 Å². The van der Waals surface area contributed by atoms with E-state index in [2.05, 4.69) is 4.98 Å². The second kappa shape index (κ2) is 8.43. The molecule has 1 aliphatic rings. The van der Waals surface area contributed by atoms with Gasteiger partial charge >= 0.3 is 0 Å². The van der Waals surface area contributed by atoms with Gasteiger partial charge in [-0.1, -0.05) is 18.2 Å². The Kier molecular flexibility index (Phi) is 5.64. The fourth-order valence-corrected chi connectivity index (χ4v) is 4.27. The summed E-state index contributed by atoms with van der Waals surface area (Å²) in [6.45, 7) is 5.51. The number of aryl methyl sites for hydroxylation is 3. The molecule has 1 aliphatic heterocycles. The Bertz CT molecular complexity index is 1300. The van der Waals surface area contributed by atoms with Gasteiger partial charge in [-0.25, -0.2) is 0 Å². The maximum absolute atomic E-state index is 13.3. The van der Waals surface area contributed by atoms with Crippen LogP contribution >= 0.6 is 0 Å². The van der Waals surface area contributed by atoms with Gasteiger partial charge in [0.2, 0.25) is 0 Å². The van der Waals surface area contributed by atoms with Crippen molar-refractivity contribution in [2.45, 2.75) is 26.8 Å². The molecule has 0 aliphatic carbocycles. The Balaban J connectivity index is 2.03. The van der Waals surface area contributed by atoms with Gasteiger partial charge in [0, 0.05) is 6.20 Å². The summed E-state index contributed by atoms with van der Waals surface area (Å²) in [5.41, 5.74) is 3.15. The lowest BCUT2D eigenvalue weighted by atomic mass is 9.95. The molecule has 1 saturated heterocycles. The van der Waals surface area contributed by atoms with Crippen molar-refractivity contribution in [3.8, 4) is 11.5 Å². The molecule has 1 fully saturated rings. The van der Waals surface area contributed by atoms with Gasteiger partial charge in [-0.3, -0.25) is 19.5 Å². The molecule has 168 valence electrons. The molecular formula is C26H24N2O5. The summed E-state index contributed by atoms with van der Waals surface area (Å²) in [5, 5.41) is 21.9. The lowest BCUT2D eigenvalue weighted by Gasteiger charge is -2.25. The van der Waals surface area contributed by atoms with E-state index < -0.39 is 17.7 Å². The number of aliphatic hydroxyl groups is 1. The maximum Gasteiger partial charge on any atom is 0.300 e. The molecule has 2 N–H and O–H groups in total. The van der Waals surface area contributed by atoms with Crippen molar-refractivity contribution in [3.05, 3.63) is 88.2 Å². The molecule has 2 heterocycles. The zero-order valence-corrected chi connectivity index (χ0v) is 18.8. The van der Waals surface area contributed by atoms with Crippen LogP contribution in [-0.4, -0.2) is 34.0 Å². The molecule has 3 aromatic rings. The van der Waals surface area contributed by atoms with Crippen molar-refractivity contribution in [1.82, 2.24) is 4.98 Å². The maximum atomic E-state index is 13.3. The van der Waals surface area contributed by atoms with Crippen LogP contribution < -0.4 is 9.64 Å². The highest BCUT2D eigenvalue weighted by molar-refractivity contribution is 6.51. The number of benzene rings is 2. The van der Waals surface area contributed by atoms with Gasteiger partial charge in [0.1, 0.15) is 23.3 Å². The van der Waals surface area contributed by atoms with E-state index in [-0.39, 0.29) is 22.8 Å². The van der Waals surface area contributed by atoms with Crippen LogP contribution in [0.1, 0.15) is 34.0 Å². The summed E-state index contributed by atoms with van der Waals surface area (Å²) in [5.74, 6) is -1.85. The zero-order chi connectivity index (χ0) is 23.9. The average Bonchev–Trinajstić information content (AvgIpc) is 3.05. The number of anilines is 1. The number of ether oxygens (including phenoxy) is 1. The molecule has 1 atom stereocenters. The monoisotopic (exact) mass is 444 g/mol. The quantitative estimate of drug-likeness (QED) is 0.353. The number of aliphatic hydroxyl groups excluding tert-OH is 1. The molecule has 4 rings (SSSR count). The number of pyridine rings is 1. The highest BCUT2D eigenvalue weighted by Gasteiger charge is 2.48. The highest BCUT2D eigenvalue weighted by atomic mass is 16.5. The van der Waals surface area contributed by atoms with Crippen molar-refractivity contribution < 1.29 is 24.5 Å². The zero-order valence-electron chi connectivity index (χ0n) is 18.8. The first-order valence-corrected chi connectivity index (χ1v) is 10.4. The van der Waals surface area contributed by atoms with Crippen LogP contribution in [0.15, 0.2) is 60.3 Å². The van der Waals surface area contributed by atoms with Crippen molar-refractivity contribution in [1.29, 1.82) is 0 Å². The number of rotatable bonds is 4. The predicted molar refractivity (Wildman–Crippen MR) is 124 cm³/mol. The number of phenolic OH excluding ortho intramolecular Hbond substituents is 1. The minimum absolute atomic E-state index is 0.122. The summed E-state index contributed by atoms with van der Waals surface area (Å²) >= 11 is 0. The number of aromatic nitrogens is 1. The lowest BCUT2D eigenvalue weighted by molar-refractivity contribution is -0.132. The smallest absolute Gasteiger partial charge is 0.300 e. The van der Waals surface area contributed by atoms with Crippen molar-refractivity contribution in [2.24, 2.45) is 0 Å². The van der Waals surface area contributed by atoms with Crippen LogP contribution in [-0.2, 0) is 9.59 Å². The SMILES string of the molecule is COc1c(C)cc(C)cc1/C(O)=C1\C(=O)C(=O)N(c2cc(C)ccc2O)C1c1ccccn1. The van der Waals surface area contributed by atoms with Gasteiger partial charge in [-0.15, -0.1) is 0 Å². The van der Waals surface area contributed by atoms with Crippen LogP contribution in [0.3, 0.4) is 0 Å². The van der Waals surface area contributed by atoms with E-state index in [1.54, 1.807) is 42.6 Å². The number of phenols is 1. The van der Waals surface area contributed by atoms with E-state index in [9.17, 15) is 19.8 Å². The number of methoxy groups -OCH3 is 1. The number of carbonyl (C=O) groups excluding carboxylic acids is 2. The molecule has 2 aromatic carbocycles. The molecule has 1 amide bonds. The number of ketones is 1. The highest BCUT2D eigenvalue weighted by Crippen LogP contribution is 2.45. The summed E-state index contributed by atoms with van der Waals surface area (Å²) in [7, 11) is 1.48. The Morgan fingerprint density at radius 1 is 1.03 bits per heavy atom. The normalized spacial score (nSPS) is 17.5. The molecule has 0 saturated carbocycles. The number of nitrogens with zero attached hydrogens (tertiary/aromatic N) is 2. The predicted octanol–water partition coefficient (Wildman–Crippen LogP) is 4.35. The molecule has 0 radical (unpaired) electrons. The summed E-state index contributed by atoms with van der Waals surface area (Å²) in [6, 6.07) is 12.5. The van der Waals surface area contributed by atoms with E-state index in [4.69, 9.17) is 4.74 Å². The molecular weight excluding hydrogens is 420 g/mol. The Hall–Kier alpha value is -4.13. The van der Waals surface area contributed by atoms with Crippen LogP contribution in [0.5, 0.6) is 11.5 Å². The Morgan fingerprint density at radius 3 is 2.45 bits per heavy atom. The van der Waals surface area contributed by atoms with Crippen LogP contribution in [0.25, 0.3) is 5.76 Å². The summed E-state index contributed by atoms with van der Waals surface area (Å²) in [4.78, 5) is 32.1. The number of aromatic hydroxyl groups is 1. The first-order valence-electron chi connectivity index (χ1n) is 10.4. The lowest BCUT2D eigenvalue weighted by Crippen LogP contribution is -2.30. The van der Waals surface area contributed by atoms with Gasteiger partial charge in [0.05, 0.1) is 29.6 Å². The third-order valence-electron chi connectivity index (χ3n) is 5.68. The van der Waals surface area contributed by atoms with Gasteiger partial charge in [0.15, 0.2) is 0 Å². The van der Waals surface area contributed by atoms with Crippen LogP contribution in [0.4, 0.5) is 5.69 Å². The number of carbonyl (C=O) groups is 2. The van der Waals surface area contributed by atoms with Gasteiger partial charge in [0.25, 0.3) is 11.7 Å². The van der Waals surface area contributed by atoms with Crippen LogP contribution in [0.2, 0.25) is 0 Å². The van der Waals surface area contributed by atoms with Gasteiger partial charge in [-0.2, -0.15) is 0 Å². The minimum Gasteiger partial charge on any atom is -0.507 e. The van der Waals surface area contributed by atoms with E-state index in [0.29, 0.717) is 17.0 Å². The van der Waals surface area contributed by atoms with Crippen molar-refractivity contribution in [3.63, 3.8) is 0 Å². The average molecular weight is 444 g/mol. The molecule has 1 unspecified atom stereocenters. The molecule has 7 nitrogen and oxygen atoms in total. The Morgan fingerprint density at radius 2 is 1.79 bits per heavy atom. The number of hydrogen-bond donors (Lipinski definition) is 2. The van der Waals surface area contributed by atoms with Crippen LogP contribution in [0, 0.1) is 20.8 Å². The van der Waals surface area contributed by atoms with Crippen molar-refractivity contribution in [2.75, 3.05) is 12.0 Å². The number of hydrogen-bond acceptors (Lipinski definition) is 6. The molecule has 0 bridgehead atoms. The molecule has 0 spiro atoms. The first kappa shape index (κ1) is 22.1. The van der Waals surface area contributed by atoms with Gasteiger partial charge in [-0.05, 0) is 67.8 Å². The number of amides is 1. The fraction of sp³-hybridized carbons (Fsp3) is 0.192. The number of Topliss-reactive ketones (excluding diaryl/α,β-unsaturated/α-hetero) is 1. The topological polar surface area (TPSA) is 100.0 Å². The van der Waals surface area contributed by atoms with E-state index >= 15 is 0 Å². The minimum atomic E-state index is -1.04. The molecule has 7 heteroatoms. The second-order valence-electron chi connectivity index (χ2n) is 8.08. The first-order chi connectivity index (χ1) is 15.7. The Labute approximate surface area is 191 Å². The summed E-state index contributed by atoms with van der Waals surface area (Å²) in [6.07, 6.45) is 1.54. The third kappa shape index (κ3) is 3.71. The largest absolute Gasteiger partial charge is 0.507 e. The summed E-state index contributed by atoms with van der Waals surface area (Å²) < 4.78 is 5.50. The standard InChI is InChI=1S/C26H24N2O5/c1-14-8-9-20(29)19(13-14)28-22(18-7-5-6-10-27-18)21(24(31)26(28)32)23(30)17-12-15(2)11-16(3)25(17)33-4/h5-13,22,29-30H,1-4H3/b23-21+. The van der Waals surface area contributed by atoms with Crippen molar-refractivity contribution >= 4 is 23.1 Å². The molecule has 1 aromatic heterocycles. The molecule has 33 heavy (non-hydrogen) atoms. The second-order valence-corrected chi connectivity index (χ2v) is 8.08. The van der Waals surface area contributed by atoms with E-state index in [0.717, 1.165) is 16.7 Å². The van der Waals surface area contributed by atoms with Gasteiger partial charge < -0.3 is 14.9 Å². The fourth-order valence-electron chi connectivity index (χ4n) is 4.27.